The molecule has 0 radical (unpaired) electrons. The van der Waals surface area contributed by atoms with Gasteiger partial charge >= 0.3 is 0 Å². The van der Waals surface area contributed by atoms with E-state index >= 15 is 0 Å². The van der Waals surface area contributed by atoms with E-state index in [4.69, 9.17) is 4.42 Å². The molecule has 2 heterocycles. The average molecular weight is 328 g/mol. The van der Waals surface area contributed by atoms with Crippen LogP contribution in [0.5, 0.6) is 0 Å². The second kappa shape index (κ2) is 6.13. The normalized spacial score (nSPS) is 19.1. The lowest BCUT2D eigenvalue weighted by Gasteiger charge is -2.27. The molecule has 1 aliphatic rings. The molecule has 1 aliphatic heterocycles. The van der Waals surface area contributed by atoms with Crippen molar-refractivity contribution < 1.29 is 19.1 Å². The summed E-state index contributed by atoms with van der Waals surface area (Å²) in [4.78, 5) is 24.4. The van der Waals surface area contributed by atoms with Gasteiger partial charge in [0, 0.05) is 12.1 Å². The van der Waals surface area contributed by atoms with E-state index < -0.39 is 11.5 Å². The van der Waals surface area contributed by atoms with E-state index in [2.05, 4.69) is 10.6 Å². The summed E-state index contributed by atoms with van der Waals surface area (Å²) in [5, 5.41) is 16.0. The number of carbonyl (C=O) groups is 2. The molecule has 0 aliphatic carbocycles. The number of hydrogen-bond donors (Lipinski definition) is 3. The first-order valence-electron chi connectivity index (χ1n) is 7.82. The number of carbonyl (C=O) groups excluding carboxylic acids is 2. The number of fused-ring (bicyclic) bond motifs is 1. The lowest BCUT2D eigenvalue weighted by atomic mass is 9.89. The van der Waals surface area contributed by atoms with E-state index in [1.807, 2.05) is 18.2 Å². The highest BCUT2D eigenvalue weighted by atomic mass is 16.4. The first-order chi connectivity index (χ1) is 11.4. The molecule has 1 aromatic heterocycles. The summed E-state index contributed by atoms with van der Waals surface area (Å²) in [5.74, 6) is 0.0313. The Labute approximate surface area is 139 Å². The molecule has 0 spiro atoms. The average Bonchev–Trinajstić information content (AvgIpc) is 2.99. The summed E-state index contributed by atoms with van der Waals surface area (Å²) < 4.78 is 5.43. The number of amides is 2. The number of aliphatic hydroxyl groups is 1. The Balaban J connectivity index is 1.72. The molecular weight excluding hydrogens is 308 g/mol. The molecule has 0 bridgehead atoms. The van der Waals surface area contributed by atoms with Gasteiger partial charge in [-0.25, -0.2) is 0 Å². The van der Waals surface area contributed by atoms with Gasteiger partial charge in [0.1, 0.15) is 17.1 Å². The third kappa shape index (κ3) is 3.19. The molecule has 3 N–H and O–H groups in total. The van der Waals surface area contributed by atoms with Crippen molar-refractivity contribution in [2.45, 2.75) is 31.8 Å². The predicted molar refractivity (Wildman–Crippen MR) is 88.5 cm³/mol. The topological polar surface area (TPSA) is 91.6 Å². The maximum absolute atomic E-state index is 12.6. The minimum Gasteiger partial charge on any atom is -0.463 e. The molecule has 0 unspecified atom stereocenters. The standard InChI is InChI=1S/C18H20N2O4/c1-11-7-8-15(24-11)18(2,23)10-19-17(22)13-9-16(21)20-14-6-4-3-5-12(13)14/h3-8,13,23H,9-10H2,1-2H3,(H,19,22)(H,20,21)/t13-,18+/m0/s1. The number of rotatable bonds is 4. The predicted octanol–water partition coefficient (Wildman–Crippen LogP) is 2.04. The lowest BCUT2D eigenvalue weighted by molar-refractivity contribution is -0.127. The largest absolute Gasteiger partial charge is 0.463 e. The van der Waals surface area contributed by atoms with Crippen LogP contribution in [0.3, 0.4) is 0 Å². The summed E-state index contributed by atoms with van der Waals surface area (Å²) in [5.41, 5.74) is 0.116. The van der Waals surface area contributed by atoms with Crippen LogP contribution >= 0.6 is 0 Å². The first-order valence-corrected chi connectivity index (χ1v) is 7.82. The molecule has 6 nitrogen and oxygen atoms in total. The van der Waals surface area contributed by atoms with Gasteiger partial charge in [-0.2, -0.15) is 0 Å². The zero-order valence-electron chi connectivity index (χ0n) is 13.6. The molecule has 6 heteroatoms. The van der Waals surface area contributed by atoms with Crippen LogP contribution in [0.4, 0.5) is 5.69 Å². The fourth-order valence-electron chi connectivity index (χ4n) is 2.84. The SMILES string of the molecule is Cc1ccc([C@](C)(O)CNC(=O)[C@H]2CC(=O)Nc3ccccc32)o1. The Morgan fingerprint density at radius 3 is 2.83 bits per heavy atom. The summed E-state index contributed by atoms with van der Waals surface area (Å²) in [6, 6.07) is 10.7. The number of furan rings is 1. The van der Waals surface area contributed by atoms with Gasteiger partial charge in [0.25, 0.3) is 0 Å². The zero-order chi connectivity index (χ0) is 17.3. The van der Waals surface area contributed by atoms with Crippen LogP contribution in [-0.2, 0) is 15.2 Å². The highest BCUT2D eigenvalue weighted by Gasteiger charge is 2.33. The van der Waals surface area contributed by atoms with Crippen LogP contribution in [0.2, 0.25) is 0 Å². The third-order valence-corrected chi connectivity index (χ3v) is 4.19. The van der Waals surface area contributed by atoms with E-state index in [9.17, 15) is 14.7 Å². The van der Waals surface area contributed by atoms with Gasteiger partial charge in [0.05, 0.1) is 12.5 Å². The highest BCUT2D eigenvalue weighted by Crippen LogP contribution is 2.32. The minimum absolute atomic E-state index is 0.000920. The van der Waals surface area contributed by atoms with Crippen LogP contribution in [0.1, 0.15) is 36.3 Å². The van der Waals surface area contributed by atoms with Gasteiger partial charge in [-0.3, -0.25) is 9.59 Å². The Morgan fingerprint density at radius 2 is 2.12 bits per heavy atom. The quantitative estimate of drug-likeness (QED) is 0.801. The smallest absolute Gasteiger partial charge is 0.228 e. The van der Waals surface area contributed by atoms with E-state index in [-0.39, 0.29) is 24.8 Å². The summed E-state index contributed by atoms with van der Waals surface area (Å²) in [6.45, 7) is 3.36. The Morgan fingerprint density at radius 1 is 1.38 bits per heavy atom. The van der Waals surface area contributed by atoms with Gasteiger partial charge in [-0.1, -0.05) is 18.2 Å². The Bertz CT molecular complexity index is 779. The summed E-state index contributed by atoms with van der Waals surface area (Å²) in [7, 11) is 0. The van der Waals surface area contributed by atoms with Crippen molar-refractivity contribution in [1.82, 2.24) is 5.32 Å². The molecular formula is C18H20N2O4. The summed E-state index contributed by atoms with van der Waals surface area (Å²) >= 11 is 0. The van der Waals surface area contributed by atoms with Crippen LogP contribution in [0.25, 0.3) is 0 Å². The Kier molecular flexibility index (Phi) is 4.15. The molecule has 3 rings (SSSR count). The van der Waals surface area contributed by atoms with Crippen molar-refractivity contribution in [3.8, 4) is 0 Å². The third-order valence-electron chi connectivity index (χ3n) is 4.19. The van der Waals surface area contributed by atoms with Crippen LogP contribution in [0, 0.1) is 6.92 Å². The van der Waals surface area contributed by atoms with Gasteiger partial charge in [-0.15, -0.1) is 0 Å². The van der Waals surface area contributed by atoms with Crippen molar-refractivity contribution in [3.05, 3.63) is 53.5 Å². The van der Waals surface area contributed by atoms with Crippen molar-refractivity contribution in [2.75, 3.05) is 11.9 Å². The monoisotopic (exact) mass is 328 g/mol. The number of benzene rings is 1. The maximum Gasteiger partial charge on any atom is 0.228 e. The fourth-order valence-corrected chi connectivity index (χ4v) is 2.84. The number of aryl methyl sites for hydroxylation is 1. The molecule has 24 heavy (non-hydrogen) atoms. The van der Waals surface area contributed by atoms with E-state index in [0.717, 1.165) is 5.56 Å². The molecule has 2 amide bonds. The van der Waals surface area contributed by atoms with Crippen molar-refractivity contribution >= 4 is 17.5 Å². The summed E-state index contributed by atoms with van der Waals surface area (Å²) in [6.07, 6.45) is 0.0881. The lowest BCUT2D eigenvalue weighted by Crippen LogP contribution is -2.42. The van der Waals surface area contributed by atoms with Crippen molar-refractivity contribution in [2.24, 2.45) is 0 Å². The van der Waals surface area contributed by atoms with Crippen LogP contribution in [-0.4, -0.2) is 23.5 Å². The molecule has 1 aromatic carbocycles. The second-order valence-electron chi connectivity index (χ2n) is 6.29. The second-order valence-corrected chi connectivity index (χ2v) is 6.29. The minimum atomic E-state index is -1.32. The molecule has 0 fully saturated rings. The van der Waals surface area contributed by atoms with Gasteiger partial charge in [0.2, 0.25) is 11.8 Å². The number of anilines is 1. The van der Waals surface area contributed by atoms with E-state index in [1.54, 1.807) is 32.0 Å². The maximum atomic E-state index is 12.6. The van der Waals surface area contributed by atoms with Crippen LogP contribution in [0.15, 0.2) is 40.8 Å². The van der Waals surface area contributed by atoms with Gasteiger partial charge in [0.15, 0.2) is 0 Å². The molecule has 126 valence electrons. The number of nitrogens with one attached hydrogen (secondary N) is 2. The molecule has 2 atom stereocenters. The molecule has 0 saturated carbocycles. The van der Waals surface area contributed by atoms with E-state index in [0.29, 0.717) is 17.2 Å². The fraction of sp³-hybridized carbons (Fsp3) is 0.333. The molecule has 2 aromatic rings. The van der Waals surface area contributed by atoms with Crippen LogP contribution < -0.4 is 10.6 Å². The van der Waals surface area contributed by atoms with Gasteiger partial charge < -0.3 is 20.2 Å². The van der Waals surface area contributed by atoms with Crippen molar-refractivity contribution in [1.29, 1.82) is 0 Å². The highest BCUT2D eigenvalue weighted by molar-refractivity contribution is 6.01. The van der Waals surface area contributed by atoms with E-state index in [1.165, 1.54) is 0 Å². The number of hydrogen-bond acceptors (Lipinski definition) is 4. The van der Waals surface area contributed by atoms with Crippen molar-refractivity contribution in [3.63, 3.8) is 0 Å². The number of para-hydroxylation sites is 1. The van der Waals surface area contributed by atoms with Gasteiger partial charge in [-0.05, 0) is 37.6 Å². The molecule has 0 saturated heterocycles. The first kappa shape index (κ1) is 16.3. The zero-order valence-corrected chi connectivity index (χ0v) is 13.6. The Hall–Kier alpha value is -2.60.